The van der Waals surface area contributed by atoms with Gasteiger partial charge in [0.25, 0.3) is 0 Å². The van der Waals surface area contributed by atoms with Crippen molar-refractivity contribution in [1.82, 2.24) is 10.4 Å². The molecule has 0 unspecified atom stereocenters. The van der Waals surface area contributed by atoms with Crippen LogP contribution in [0.1, 0.15) is 58.4 Å². The van der Waals surface area contributed by atoms with Crippen molar-refractivity contribution in [2.75, 3.05) is 20.3 Å². The van der Waals surface area contributed by atoms with Crippen LogP contribution >= 0.6 is 0 Å². The quantitative estimate of drug-likeness (QED) is 0.655. The lowest BCUT2D eigenvalue weighted by Crippen LogP contribution is -2.45. The van der Waals surface area contributed by atoms with Crippen molar-refractivity contribution in [2.24, 2.45) is 0 Å². The second-order valence-corrected chi connectivity index (χ2v) is 8.71. The first kappa shape index (κ1) is 21.3. The largest absolute Gasteiger partial charge is 0.493 e. The van der Waals surface area contributed by atoms with Gasteiger partial charge in [-0.05, 0) is 64.3 Å². The van der Waals surface area contributed by atoms with Gasteiger partial charge < -0.3 is 19.5 Å². The Balaban J connectivity index is 1.65. The number of hydrogen-bond donors (Lipinski definition) is 2. The molecule has 2 N–H and O–H groups in total. The number of nitrogens with zero attached hydrogens (tertiary/aromatic N) is 1. The minimum atomic E-state index is -0.919. The molecule has 1 aromatic rings. The first-order chi connectivity index (χ1) is 13.7. The number of carbonyl (C=O) groups is 1. The number of nitrogens with one attached hydrogen (secondary N) is 1. The van der Waals surface area contributed by atoms with Crippen LogP contribution < -0.4 is 15.0 Å². The molecule has 1 saturated carbocycles. The lowest BCUT2D eigenvalue weighted by Gasteiger charge is -2.33. The van der Waals surface area contributed by atoms with Crippen molar-refractivity contribution in [3.63, 3.8) is 0 Å². The highest BCUT2D eigenvalue weighted by Crippen LogP contribution is 2.40. The lowest BCUT2D eigenvalue weighted by molar-refractivity contribution is -0.0289. The zero-order chi connectivity index (χ0) is 21.1. The maximum atomic E-state index is 11.4. The van der Waals surface area contributed by atoms with Crippen molar-refractivity contribution in [2.45, 2.75) is 64.0 Å². The molecule has 0 saturated heterocycles. The van der Waals surface area contributed by atoms with Gasteiger partial charge >= 0.3 is 6.09 Å². The zero-order valence-electron chi connectivity index (χ0n) is 17.8. The highest BCUT2D eigenvalue weighted by molar-refractivity contribution is 5.68. The number of ether oxygens (including phenoxy) is 2. The standard InChI is InChI=1S/C22H32N2O5/c1-21(2,3)24(20(25)26)12-7-13-28-19-14-16(8-9-18(19)27-4)17-15-22(29-23-17)10-5-6-11-22/h8-9,14-15,23H,5-7,10-13H2,1-4H3,(H,25,26). The Morgan fingerprint density at radius 1 is 1.28 bits per heavy atom. The van der Waals surface area contributed by atoms with E-state index in [0.29, 0.717) is 31.1 Å². The van der Waals surface area contributed by atoms with Gasteiger partial charge in [0, 0.05) is 17.6 Å². The summed E-state index contributed by atoms with van der Waals surface area (Å²) in [5.41, 5.74) is 4.38. The first-order valence-electron chi connectivity index (χ1n) is 10.2. The Morgan fingerprint density at radius 2 is 2.00 bits per heavy atom. The maximum absolute atomic E-state index is 11.4. The molecule has 1 aromatic carbocycles. The molecule has 29 heavy (non-hydrogen) atoms. The fourth-order valence-corrected chi connectivity index (χ4v) is 3.92. The Bertz CT molecular complexity index is 763. The van der Waals surface area contributed by atoms with E-state index in [0.717, 1.165) is 24.1 Å². The molecule has 0 bridgehead atoms. The third kappa shape index (κ3) is 4.96. The molecule has 1 spiro atoms. The summed E-state index contributed by atoms with van der Waals surface area (Å²) in [5, 5.41) is 9.39. The average molecular weight is 405 g/mol. The van der Waals surface area contributed by atoms with Crippen molar-refractivity contribution < 1.29 is 24.2 Å². The molecule has 7 nitrogen and oxygen atoms in total. The fraction of sp³-hybridized carbons (Fsp3) is 0.591. The zero-order valence-corrected chi connectivity index (χ0v) is 17.8. The van der Waals surface area contributed by atoms with E-state index in [9.17, 15) is 9.90 Å². The van der Waals surface area contributed by atoms with E-state index in [-0.39, 0.29) is 5.60 Å². The SMILES string of the molecule is COc1ccc(C2=CC3(CCCC3)ON2)cc1OCCCN(C(=O)O)C(C)(C)C. The summed E-state index contributed by atoms with van der Waals surface area (Å²) in [6.45, 7) is 6.46. The summed E-state index contributed by atoms with van der Waals surface area (Å²) < 4.78 is 11.4. The summed E-state index contributed by atoms with van der Waals surface area (Å²) in [7, 11) is 1.61. The van der Waals surface area contributed by atoms with Crippen molar-refractivity contribution >= 4 is 11.8 Å². The van der Waals surface area contributed by atoms with E-state index >= 15 is 0 Å². The number of carboxylic acid groups (broad SMARTS) is 1. The molecular formula is C22H32N2O5. The molecule has 1 fully saturated rings. The van der Waals surface area contributed by atoms with E-state index < -0.39 is 11.6 Å². The van der Waals surface area contributed by atoms with E-state index in [1.54, 1.807) is 7.11 Å². The molecule has 160 valence electrons. The van der Waals surface area contributed by atoms with E-state index in [4.69, 9.17) is 14.3 Å². The fourth-order valence-electron chi connectivity index (χ4n) is 3.92. The van der Waals surface area contributed by atoms with Gasteiger partial charge in [0.05, 0.1) is 19.4 Å². The topological polar surface area (TPSA) is 80.3 Å². The molecule has 1 aliphatic carbocycles. The molecule has 3 rings (SSSR count). The van der Waals surface area contributed by atoms with Crippen molar-refractivity contribution in [3.05, 3.63) is 29.8 Å². The number of hydrogen-bond acceptors (Lipinski definition) is 5. The minimum absolute atomic E-state index is 0.177. The van der Waals surface area contributed by atoms with Gasteiger partial charge in [-0.2, -0.15) is 0 Å². The molecule has 1 aliphatic heterocycles. The summed E-state index contributed by atoms with van der Waals surface area (Å²) in [6.07, 6.45) is 6.30. The number of hydroxylamine groups is 1. The summed E-state index contributed by atoms with van der Waals surface area (Å²) in [4.78, 5) is 18.7. The average Bonchev–Trinajstić information content (AvgIpc) is 3.30. The number of methoxy groups -OCH3 is 1. The number of benzene rings is 1. The van der Waals surface area contributed by atoms with Gasteiger partial charge in [-0.1, -0.05) is 12.8 Å². The predicted molar refractivity (Wildman–Crippen MR) is 111 cm³/mol. The van der Waals surface area contributed by atoms with Crippen LogP contribution in [0.3, 0.4) is 0 Å². The predicted octanol–water partition coefficient (Wildman–Crippen LogP) is 4.43. The third-order valence-corrected chi connectivity index (χ3v) is 5.52. The van der Waals surface area contributed by atoms with E-state index in [2.05, 4.69) is 11.6 Å². The van der Waals surface area contributed by atoms with Gasteiger partial charge in [0.15, 0.2) is 11.5 Å². The van der Waals surface area contributed by atoms with Gasteiger partial charge in [-0.3, -0.25) is 10.3 Å². The maximum Gasteiger partial charge on any atom is 0.407 e. The number of amides is 1. The van der Waals surface area contributed by atoms with E-state index in [1.807, 2.05) is 39.0 Å². The van der Waals surface area contributed by atoms with Crippen LogP contribution in [-0.4, -0.2) is 47.5 Å². The third-order valence-electron chi connectivity index (χ3n) is 5.52. The molecule has 1 heterocycles. The summed E-state index contributed by atoms with van der Waals surface area (Å²) in [6, 6.07) is 5.80. The second-order valence-electron chi connectivity index (χ2n) is 8.71. The van der Waals surface area contributed by atoms with Crippen LogP contribution in [0.25, 0.3) is 5.70 Å². The van der Waals surface area contributed by atoms with Gasteiger partial charge in [0.1, 0.15) is 5.60 Å². The number of rotatable bonds is 7. The molecule has 0 aromatic heterocycles. The molecular weight excluding hydrogens is 372 g/mol. The Labute approximate surface area is 172 Å². The molecule has 0 atom stereocenters. The molecule has 7 heteroatoms. The second kappa shape index (κ2) is 8.53. The smallest absolute Gasteiger partial charge is 0.407 e. The summed E-state index contributed by atoms with van der Waals surface area (Å²) >= 11 is 0. The van der Waals surface area contributed by atoms with Gasteiger partial charge in [-0.25, -0.2) is 4.79 Å². The highest BCUT2D eigenvalue weighted by Gasteiger charge is 2.38. The van der Waals surface area contributed by atoms with Gasteiger partial charge in [0.2, 0.25) is 0 Å². The van der Waals surface area contributed by atoms with Crippen LogP contribution in [0, 0.1) is 0 Å². The molecule has 1 amide bonds. The Hall–Kier alpha value is -2.41. The monoisotopic (exact) mass is 404 g/mol. The molecule has 2 aliphatic rings. The Kier molecular flexibility index (Phi) is 6.27. The van der Waals surface area contributed by atoms with Gasteiger partial charge in [-0.15, -0.1) is 0 Å². The van der Waals surface area contributed by atoms with Crippen LogP contribution in [0.2, 0.25) is 0 Å². The van der Waals surface area contributed by atoms with Crippen molar-refractivity contribution in [3.8, 4) is 11.5 Å². The lowest BCUT2D eigenvalue weighted by atomic mass is 10.00. The van der Waals surface area contributed by atoms with Crippen LogP contribution in [0.4, 0.5) is 4.79 Å². The minimum Gasteiger partial charge on any atom is -0.493 e. The first-order valence-corrected chi connectivity index (χ1v) is 10.2. The van der Waals surface area contributed by atoms with E-state index in [1.165, 1.54) is 17.7 Å². The Morgan fingerprint density at radius 3 is 2.62 bits per heavy atom. The van der Waals surface area contributed by atoms with Crippen LogP contribution in [0.15, 0.2) is 24.3 Å². The van der Waals surface area contributed by atoms with Crippen LogP contribution in [0.5, 0.6) is 11.5 Å². The summed E-state index contributed by atoms with van der Waals surface area (Å²) in [5.74, 6) is 1.28. The van der Waals surface area contributed by atoms with Crippen LogP contribution in [-0.2, 0) is 4.84 Å². The normalized spacial score (nSPS) is 17.7. The van der Waals surface area contributed by atoms with Crippen molar-refractivity contribution in [1.29, 1.82) is 0 Å². The highest BCUT2D eigenvalue weighted by atomic mass is 16.7. The molecule has 0 radical (unpaired) electrons.